The fraction of sp³-hybridized carbons (Fsp3) is 0.571. The van der Waals surface area contributed by atoms with Gasteiger partial charge in [0.15, 0.2) is 17.4 Å². The summed E-state index contributed by atoms with van der Waals surface area (Å²) in [5.74, 6) is -1.26. The minimum atomic E-state index is -0.675. The summed E-state index contributed by atoms with van der Waals surface area (Å²) < 4.78 is 31.9. The molecule has 1 atom stereocenters. The molecule has 2 rings (SSSR count). The van der Waals surface area contributed by atoms with Gasteiger partial charge in [0, 0.05) is 6.04 Å². The summed E-state index contributed by atoms with van der Waals surface area (Å²) in [6, 6.07) is 3.54. The van der Waals surface area contributed by atoms with Crippen LogP contribution < -0.4 is 10.5 Å². The van der Waals surface area contributed by atoms with E-state index in [1.54, 1.807) is 0 Å². The lowest BCUT2D eigenvalue weighted by atomic mass is 9.84. The Hall–Kier alpha value is -1.16. The summed E-state index contributed by atoms with van der Waals surface area (Å²) in [6.07, 6.45) is 5.80. The van der Waals surface area contributed by atoms with Gasteiger partial charge in [-0.2, -0.15) is 0 Å². The minimum absolute atomic E-state index is 0.149. The lowest BCUT2D eigenvalue weighted by Crippen LogP contribution is -2.37. The zero-order valence-electron chi connectivity index (χ0n) is 10.4. The van der Waals surface area contributed by atoms with E-state index in [0.29, 0.717) is 5.92 Å². The topological polar surface area (TPSA) is 35.2 Å². The van der Waals surface area contributed by atoms with E-state index in [1.165, 1.54) is 37.5 Å². The first-order chi connectivity index (χ1) is 8.68. The second-order valence-corrected chi connectivity index (χ2v) is 4.92. The molecule has 0 heterocycles. The van der Waals surface area contributed by atoms with Gasteiger partial charge in [-0.05, 0) is 30.9 Å². The van der Waals surface area contributed by atoms with Crippen molar-refractivity contribution in [2.45, 2.75) is 38.1 Å². The molecule has 1 saturated carbocycles. The van der Waals surface area contributed by atoms with Crippen LogP contribution in [0.15, 0.2) is 18.2 Å². The van der Waals surface area contributed by atoms with Crippen LogP contribution in [0.3, 0.4) is 0 Å². The fourth-order valence-electron chi connectivity index (χ4n) is 2.50. The van der Waals surface area contributed by atoms with Crippen LogP contribution in [0.4, 0.5) is 8.78 Å². The number of nitrogens with two attached hydrogens (primary N) is 1. The van der Waals surface area contributed by atoms with E-state index >= 15 is 0 Å². The molecule has 1 aliphatic carbocycles. The van der Waals surface area contributed by atoms with E-state index in [0.717, 1.165) is 12.8 Å². The number of ether oxygens (including phenoxy) is 1. The van der Waals surface area contributed by atoms with Gasteiger partial charge < -0.3 is 10.5 Å². The van der Waals surface area contributed by atoms with Crippen LogP contribution in [0.5, 0.6) is 5.75 Å². The third-order valence-electron chi connectivity index (χ3n) is 3.59. The molecule has 100 valence electrons. The second-order valence-electron chi connectivity index (χ2n) is 4.92. The molecule has 0 spiro atoms. The molecule has 0 saturated heterocycles. The molecular formula is C14H19F2NO. The van der Waals surface area contributed by atoms with E-state index in [4.69, 9.17) is 10.5 Å². The fourth-order valence-corrected chi connectivity index (χ4v) is 2.50. The maximum atomic E-state index is 13.3. The van der Waals surface area contributed by atoms with Gasteiger partial charge in [0.2, 0.25) is 0 Å². The monoisotopic (exact) mass is 255 g/mol. The largest absolute Gasteiger partial charge is 0.486 e. The van der Waals surface area contributed by atoms with Crippen molar-refractivity contribution in [1.82, 2.24) is 0 Å². The third kappa shape index (κ3) is 3.19. The van der Waals surface area contributed by atoms with Crippen molar-refractivity contribution in [3.63, 3.8) is 0 Å². The number of para-hydroxylation sites is 1. The third-order valence-corrected chi connectivity index (χ3v) is 3.59. The van der Waals surface area contributed by atoms with Crippen molar-refractivity contribution in [2.24, 2.45) is 11.7 Å². The number of rotatable bonds is 4. The van der Waals surface area contributed by atoms with Gasteiger partial charge >= 0.3 is 0 Å². The van der Waals surface area contributed by atoms with Crippen LogP contribution in [-0.2, 0) is 0 Å². The lowest BCUT2D eigenvalue weighted by molar-refractivity contribution is 0.202. The standard InChI is InChI=1S/C14H19F2NO/c15-11-7-4-8-12(16)14(11)18-9-13(17)10-5-2-1-3-6-10/h4,7-8,10,13H,1-3,5-6,9,17H2. The Bertz CT molecular complexity index is 371. The van der Waals surface area contributed by atoms with Crippen molar-refractivity contribution < 1.29 is 13.5 Å². The Kier molecular flexibility index (Phi) is 4.53. The average molecular weight is 255 g/mol. The molecule has 2 N–H and O–H groups in total. The molecular weight excluding hydrogens is 236 g/mol. The van der Waals surface area contributed by atoms with Gasteiger partial charge in [0.25, 0.3) is 0 Å². The zero-order chi connectivity index (χ0) is 13.0. The van der Waals surface area contributed by atoms with Crippen LogP contribution in [0, 0.1) is 17.6 Å². The highest BCUT2D eigenvalue weighted by Crippen LogP contribution is 2.27. The number of benzene rings is 1. The molecule has 1 aromatic carbocycles. The van der Waals surface area contributed by atoms with Crippen LogP contribution in [0.1, 0.15) is 32.1 Å². The van der Waals surface area contributed by atoms with Gasteiger partial charge in [-0.25, -0.2) is 8.78 Å². The molecule has 1 unspecified atom stereocenters. The summed E-state index contributed by atoms with van der Waals surface area (Å²) in [7, 11) is 0. The number of hydrogen-bond donors (Lipinski definition) is 1. The van der Waals surface area contributed by atoms with Gasteiger partial charge in [-0.1, -0.05) is 25.3 Å². The number of halogens is 2. The highest BCUT2D eigenvalue weighted by molar-refractivity contribution is 5.26. The molecule has 1 aliphatic rings. The Morgan fingerprint density at radius 2 is 1.78 bits per heavy atom. The molecule has 0 aliphatic heterocycles. The summed E-state index contributed by atoms with van der Waals surface area (Å²) in [4.78, 5) is 0. The molecule has 4 heteroatoms. The Labute approximate surface area is 106 Å². The van der Waals surface area contributed by atoms with E-state index in [9.17, 15) is 8.78 Å². The zero-order valence-corrected chi connectivity index (χ0v) is 10.4. The summed E-state index contributed by atoms with van der Waals surface area (Å²) in [6.45, 7) is 0.169. The number of hydrogen-bond acceptors (Lipinski definition) is 2. The first-order valence-electron chi connectivity index (χ1n) is 6.51. The maximum Gasteiger partial charge on any atom is 0.190 e. The predicted molar refractivity (Wildman–Crippen MR) is 66.4 cm³/mol. The van der Waals surface area contributed by atoms with Crippen LogP contribution >= 0.6 is 0 Å². The normalized spacial score (nSPS) is 18.6. The van der Waals surface area contributed by atoms with Crippen LogP contribution in [-0.4, -0.2) is 12.6 Å². The van der Waals surface area contributed by atoms with Crippen molar-refractivity contribution in [1.29, 1.82) is 0 Å². The first-order valence-corrected chi connectivity index (χ1v) is 6.51. The summed E-state index contributed by atoms with van der Waals surface area (Å²) in [5, 5.41) is 0. The molecule has 0 radical (unpaired) electrons. The first kappa shape index (κ1) is 13.3. The molecule has 0 bridgehead atoms. The smallest absolute Gasteiger partial charge is 0.190 e. The average Bonchev–Trinajstić information content (AvgIpc) is 2.39. The quantitative estimate of drug-likeness (QED) is 0.896. The Morgan fingerprint density at radius 1 is 1.17 bits per heavy atom. The molecule has 2 nitrogen and oxygen atoms in total. The SMILES string of the molecule is NC(COc1c(F)cccc1F)C1CCCCC1. The van der Waals surface area contributed by atoms with Gasteiger partial charge in [-0.3, -0.25) is 0 Å². The molecule has 1 fully saturated rings. The lowest BCUT2D eigenvalue weighted by Gasteiger charge is -2.27. The van der Waals surface area contributed by atoms with Gasteiger partial charge in [-0.15, -0.1) is 0 Å². The van der Waals surface area contributed by atoms with Crippen molar-refractivity contribution >= 4 is 0 Å². The van der Waals surface area contributed by atoms with Gasteiger partial charge in [0.05, 0.1) is 0 Å². The van der Waals surface area contributed by atoms with Crippen LogP contribution in [0.25, 0.3) is 0 Å². The molecule has 18 heavy (non-hydrogen) atoms. The van der Waals surface area contributed by atoms with E-state index in [1.807, 2.05) is 0 Å². The highest BCUT2D eigenvalue weighted by atomic mass is 19.1. The molecule has 1 aromatic rings. The van der Waals surface area contributed by atoms with Crippen molar-refractivity contribution in [2.75, 3.05) is 6.61 Å². The highest BCUT2D eigenvalue weighted by Gasteiger charge is 2.22. The van der Waals surface area contributed by atoms with E-state index < -0.39 is 11.6 Å². The van der Waals surface area contributed by atoms with Crippen LogP contribution in [0.2, 0.25) is 0 Å². The molecule has 0 amide bonds. The molecule has 0 aromatic heterocycles. The van der Waals surface area contributed by atoms with Crippen molar-refractivity contribution in [3.8, 4) is 5.75 Å². The summed E-state index contributed by atoms with van der Waals surface area (Å²) >= 11 is 0. The minimum Gasteiger partial charge on any atom is -0.486 e. The van der Waals surface area contributed by atoms with Crippen molar-refractivity contribution in [3.05, 3.63) is 29.8 Å². The Morgan fingerprint density at radius 3 is 2.39 bits per heavy atom. The second kappa shape index (κ2) is 6.14. The van der Waals surface area contributed by atoms with Gasteiger partial charge in [0.1, 0.15) is 6.61 Å². The Balaban J connectivity index is 1.90. The van der Waals surface area contributed by atoms with E-state index in [-0.39, 0.29) is 18.4 Å². The predicted octanol–water partition coefficient (Wildman–Crippen LogP) is 3.25. The van der Waals surface area contributed by atoms with E-state index in [2.05, 4.69) is 0 Å². The summed E-state index contributed by atoms with van der Waals surface area (Å²) in [5.41, 5.74) is 6.03. The maximum absolute atomic E-state index is 13.3.